The van der Waals surface area contributed by atoms with E-state index in [0.717, 1.165) is 5.69 Å². The molecule has 5 heteroatoms. The number of hydrogen-bond acceptors (Lipinski definition) is 2. The van der Waals surface area contributed by atoms with Crippen LogP contribution in [0.1, 0.15) is 0 Å². The van der Waals surface area contributed by atoms with Crippen LogP contribution in [-0.4, -0.2) is 25.5 Å². The van der Waals surface area contributed by atoms with Crippen molar-refractivity contribution in [1.29, 1.82) is 0 Å². The molecule has 0 bridgehead atoms. The van der Waals surface area contributed by atoms with Crippen LogP contribution >= 0.6 is 11.6 Å². The summed E-state index contributed by atoms with van der Waals surface area (Å²) in [6, 6.07) is 7.28. The Morgan fingerprint density at radius 3 is 2.67 bits per heavy atom. The number of rotatable bonds is 1. The summed E-state index contributed by atoms with van der Waals surface area (Å²) >= 11 is 5.79. The third kappa shape index (κ3) is 1.94. The molecule has 1 fully saturated rings. The lowest BCUT2D eigenvalue weighted by Gasteiger charge is -2.15. The zero-order valence-electron chi connectivity index (χ0n) is 8.20. The molecule has 78 valence electrons. The minimum atomic E-state index is -0.0504. The number of guanidine groups is 1. The average molecular weight is 224 g/mol. The first-order chi connectivity index (χ1) is 7.20. The van der Waals surface area contributed by atoms with Gasteiger partial charge in [-0.15, -0.1) is 0 Å². The topological polar surface area (TPSA) is 44.7 Å². The molecule has 0 unspecified atom stereocenters. The molecule has 1 amide bonds. The average Bonchev–Trinajstić information content (AvgIpc) is 2.61. The molecular formula is C10H10ClN3O. The summed E-state index contributed by atoms with van der Waals surface area (Å²) in [5.74, 6) is 0.521. The van der Waals surface area contributed by atoms with Gasteiger partial charge in [0, 0.05) is 17.8 Å². The predicted octanol–water partition coefficient (Wildman–Crippen LogP) is 1.26. The smallest absolute Gasteiger partial charge is 0.246 e. The van der Waals surface area contributed by atoms with Crippen LogP contribution in [0.4, 0.5) is 5.69 Å². The Balaban J connectivity index is 2.31. The van der Waals surface area contributed by atoms with Gasteiger partial charge in [0.2, 0.25) is 11.9 Å². The van der Waals surface area contributed by atoms with Gasteiger partial charge in [-0.1, -0.05) is 11.6 Å². The second kappa shape index (κ2) is 3.90. The highest BCUT2D eigenvalue weighted by Gasteiger charge is 2.25. The number of nitrogens with one attached hydrogen (secondary N) is 1. The van der Waals surface area contributed by atoms with Crippen molar-refractivity contribution in [3.63, 3.8) is 0 Å². The normalized spacial score (nSPS) is 18.4. The fourth-order valence-electron chi connectivity index (χ4n) is 1.46. The SMILES string of the molecule is CN=C1NC(=O)CN1c1ccc(Cl)cc1. The van der Waals surface area contributed by atoms with Crippen molar-refractivity contribution in [2.24, 2.45) is 4.99 Å². The molecule has 1 N–H and O–H groups in total. The minimum absolute atomic E-state index is 0.0504. The van der Waals surface area contributed by atoms with Gasteiger partial charge in [0.25, 0.3) is 0 Å². The molecule has 1 aromatic rings. The Kier molecular flexibility index (Phi) is 2.60. The predicted molar refractivity (Wildman–Crippen MR) is 60.3 cm³/mol. The van der Waals surface area contributed by atoms with E-state index in [0.29, 0.717) is 17.5 Å². The Hall–Kier alpha value is -1.55. The van der Waals surface area contributed by atoms with E-state index in [1.807, 2.05) is 12.1 Å². The van der Waals surface area contributed by atoms with E-state index in [2.05, 4.69) is 10.3 Å². The van der Waals surface area contributed by atoms with Gasteiger partial charge < -0.3 is 4.90 Å². The lowest BCUT2D eigenvalue weighted by molar-refractivity contribution is -0.117. The number of benzene rings is 1. The number of carbonyl (C=O) groups is 1. The van der Waals surface area contributed by atoms with Crippen molar-refractivity contribution in [1.82, 2.24) is 5.32 Å². The van der Waals surface area contributed by atoms with Crippen molar-refractivity contribution in [3.8, 4) is 0 Å². The van der Waals surface area contributed by atoms with E-state index >= 15 is 0 Å². The molecule has 1 aliphatic rings. The molecule has 0 aromatic heterocycles. The fraction of sp³-hybridized carbons (Fsp3) is 0.200. The summed E-state index contributed by atoms with van der Waals surface area (Å²) in [7, 11) is 1.64. The molecule has 4 nitrogen and oxygen atoms in total. The molecule has 1 saturated heterocycles. The monoisotopic (exact) mass is 223 g/mol. The maximum absolute atomic E-state index is 11.2. The van der Waals surface area contributed by atoms with Crippen LogP contribution < -0.4 is 10.2 Å². The number of carbonyl (C=O) groups excluding carboxylic acids is 1. The number of aliphatic imine (C=N–C) groups is 1. The third-order valence-corrected chi connectivity index (χ3v) is 2.41. The van der Waals surface area contributed by atoms with E-state index < -0.39 is 0 Å². The van der Waals surface area contributed by atoms with Crippen LogP contribution in [0.25, 0.3) is 0 Å². The summed E-state index contributed by atoms with van der Waals surface area (Å²) in [5.41, 5.74) is 0.901. The largest absolute Gasteiger partial charge is 0.303 e. The van der Waals surface area contributed by atoms with E-state index in [4.69, 9.17) is 11.6 Å². The lowest BCUT2D eigenvalue weighted by Crippen LogP contribution is -2.29. The highest BCUT2D eigenvalue weighted by Crippen LogP contribution is 2.19. The minimum Gasteiger partial charge on any atom is -0.303 e. The van der Waals surface area contributed by atoms with Crippen LogP contribution in [0.3, 0.4) is 0 Å². The van der Waals surface area contributed by atoms with E-state index in [-0.39, 0.29) is 5.91 Å². The van der Waals surface area contributed by atoms with Crippen LogP contribution in [0, 0.1) is 0 Å². The summed E-state index contributed by atoms with van der Waals surface area (Å²) in [4.78, 5) is 17.0. The molecule has 0 saturated carbocycles. The number of halogens is 1. The van der Waals surface area contributed by atoms with Crippen LogP contribution in [0.5, 0.6) is 0 Å². The summed E-state index contributed by atoms with van der Waals surface area (Å²) in [5, 5.41) is 3.34. The van der Waals surface area contributed by atoms with Crippen molar-refractivity contribution < 1.29 is 4.79 Å². The van der Waals surface area contributed by atoms with Crippen LogP contribution in [-0.2, 0) is 4.79 Å². The number of nitrogens with zero attached hydrogens (tertiary/aromatic N) is 2. The highest BCUT2D eigenvalue weighted by molar-refractivity contribution is 6.30. The first-order valence-corrected chi connectivity index (χ1v) is 4.88. The van der Waals surface area contributed by atoms with Gasteiger partial charge in [-0.05, 0) is 24.3 Å². The Bertz CT molecular complexity index is 413. The van der Waals surface area contributed by atoms with Gasteiger partial charge in [0.05, 0.1) is 0 Å². The maximum Gasteiger partial charge on any atom is 0.246 e. The van der Waals surface area contributed by atoms with Gasteiger partial charge in [0.15, 0.2) is 0 Å². The molecule has 0 aliphatic carbocycles. The summed E-state index contributed by atoms with van der Waals surface area (Å²) in [6.45, 7) is 0.300. The molecule has 1 aromatic carbocycles. The van der Waals surface area contributed by atoms with Crippen molar-refractivity contribution >= 4 is 29.2 Å². The molecule has 1 aliphatic heterocycles. The quantitative estimate of drug-likeness (QED) is 0.779. The highest BCUT2D eigenvalue weighted by atomic mass is 35.5. The summed E-state index contributed by atoms with van der Waals surface area (Å²) in [6.07, 6.45) is 0. The third-order valence-electron chi connectivity index (χ3n) is 2.16. The van der Waals surface area contributed by atoms with E-state index in [1.165, 1.54) is 0 Å². The molecule has 0 atom stereocenters. The number of amides is 1. The van der Waals surface area contributed by atoms with Gasteiger partial charge in [-0.3, -0.25) is 15.1 Å². The molecule has 15 heavy (non-hydrogen) atoms. The Morgan fingerprint density at radius 1 is 1.40 bits per heavy atom. The zero-order valence-corrected chi connectivity index (χ0v) is 8.95. The fourth-order valence-corrected chi connectivity index (χ4v) is 1.59. The molecule has 0 spiro atoms. The van der Waals surface area contributed by atoms with Gasteiger partial charge in [0.1, 0.15) is 6.54 Å². The molecule has 2 rings (SSSR count). The van der Waals surface area contributed by atoms with Gasteiger partial charge in [-0.25, -0.2) is 0 Å². The maximum atomic E-state index is 11.2. The summed E-state index contributed by atoms with van der Waals surface area (Å²) < 4.78 is 0. The van der Waals surface area contributed by atoms with Gasteiger partial charge >= 0.3 is 0 Å². The zero-order chi connectivity index (χ0) is 10.8. The standard InChI is InChI=1S/C10H10ClN3O/c1-12-10-13-9(15)6-14(10)8-4-2-7(11)3-5-8/h2-5H,6H2,1H3,(H,12,13,15). The lowest BCUT2D eigenvalue weighted by atomic mass is 10.3. The Morgan fingerprint density at radius 2 is 2.07 bits per heavy atom. The molecular weight excluding hydrogens is 214 g/mol. The van der Waals surface area contributed by atoms with Crippen LogP contribution in [0.15, 0.2) is 29.3 Å². The van der Waals surface area contributed by atoms with Crippen LogP contribution in [0.2, 0.25) is 5.02 Å². The first kappa shape index (κ1) is 9.98. The van der Waals surface area contributed by atoms with Crippen molar-refractivity contribution in [2.45, 2.75) is 0 Å². The van der Waals surface area contributed by atoms with E-state index in [9.17, 15) is 4.79 Å². The number of hydrogen-bond donors (Lipinski definition) is 1. The Labute approximate surface area is 92.6 Å². The van der Waals surface area contributed by atoms with E-state index in [1.54, 1.807) is 24.1 Å². The second-order valence-corrected chi connectivity index (χ2v) is 3.59. The molecule has 1 heterocycles. The van der Waals surface area contributed by atoms with Crippen molar-refractivity contribution in [2.75, 3.05) is 18.5 Å². The second-order valence-electron chi connectivity index (χ2n) is 3.16. The first-order valence-electron chi connectivity index (χ1n) is 4.50. The van der Waals surface area contributed by atoms with Crippen molar-refractivity contribution in [3.05, 3.63) is 29.3 Å². The number of anilines is 1. The van der Waals surface area contributed by atoms with Gasteiger partial charge in [-0.2, -0.15) is 0 Å². The molecule has 0 radical (unpaired) electrons.